The first kappa shape index (κ1) is 15.7. The van der Waals surface area contributed by atoms with Gasteiger partial charge in [0, 0.05) is 28.8 Å². The molecule has 114 valence electrons. The van der Waals surface area contributed by atoms with Gasteiger partial charge in [0.1, 0.15) is 17.5 Å². The number of nitrogen functional groups attached to an aromatic ring is 1. The summed E-state index contributed by atoms with van der Waals surface area (Å²) in [5.41, 5.74) is 3.64. The number of aromatic nitrogens is 2. The lowest BCUT2D eigenvalue weighted by atomic mass is 9.91. The van der Waals surface area contributed by atoms with Gasteiger partial charge in [-0.3, -0.25) is 0 Å². The Bertz CT molecular complexity index is 592. The van der Waals surface area contributed by atoms with Crippen LogP contribution in [-0.2, 0) is 11.8 Å². The molecule has 0 radical (unpaired) electrons. The molecule has 2 aromatic heterocycles. The Morgan fingerprint density at radius 3 is 2.57 bits per heavy atom. The Morgan fingerprint density at radius 2 is 2.00 bits per heavy atom. The first-order valence-corrected chi connectivity index (χ1v) is 7.98. The molecule has 0 aliphatic carbocycles. The number of aryl methyl sites for hydroxylation is 1. The molecule has 0 bridgehead atoms. The zero-order chi connectivity index (χ0) is 15.5. The van der Waals surface area contributed by atoms with Crippen LogP contribution in [0.3, 0.4) is 0 Å². The van der Waals surface area contributed by atoms with E-state index in [1.807, 2.05) is 13.8 Å². The van der Waals surface area contributed by atoms with Crippen LogP contribution in [0.25, 0.3) is 0 Å². The van der Waals surface area contributed by atoms with Gasteiger partial charge in [-0.15, -0.1) is 11.3 Å². The van der Waals surface area contributed by atoms with E-state index in [9.17, 15) is 0 Å². The fourth-order valence-electron chi connectivity index (χ4n) is 2.09. The van der Waals surface area contributed by atoms with Gasteiger partial charge in [-0.25, -0.2) is 15.8 Å². The number of nitrogens with zero attached hydrogens (tertiary/aromatic N) is 2. The number of hydrazine groups is 1. The van der Waals surface area contributed by atoms with Crippen LogP contribution in [-0.4, -0.2) is 16.5 Å². The Balaban J connectivity index is 2.20. The minimum Gasteiger partial charge on any atom is -0.369 e. The highest BCUT2D eigenvalue weighted by Gasteiger charge is 2.22. The van der Waals surface area contributed by atoms with E-state index < -0.39 is 0 Å². The van der Waals surface area contributed by atoms with Crippen LogP contribution in [0.4, 0.5) is 11.6 Å². The maximum Gasteiger partial charge on any atom is 0.148 e. The zero-order valence-electron chi connectivity index (χ0n) is 13.0. The summed E-state index contributed by atoms with van der Waals surface area (Å²) in [5, 5.41) is 5.56. The minimum atomic E-state index is 0.0498. The third kappa shape index (κ3) is 3.51. The average Bonchev–Trinajstić information content (AvgIpc) is 3.01. The third-order valence-corrected chi connectivity index (χ3v) is 4.77. The number of anilines is 2. The molecule has 21 heavy (non-hydrogen) atoms. The van der Waals surface area contributed by atoms with E-state index in [1.165, 1.54) is 4.88 Å². The summed E-state index contributed by atoms with van der Waals surface area (Å²) in [5.74, 6) is 7.84. The van der Waals surface area contributed by atoms with Gasteiger partial charge in [-0.1, -0.05) is 26.8 Å². The molecular formula is C15H23N5S. The molecule has 5 nitrogen and oxygen atoms in total. The standard InChI is InChI=1S/C15H23N5S/c1-5-12-18-13(10(2)14(19-12)20-16)17-9-15(3,4)11-7-6-8-21-11/h6-8H,5,9,16H2,1-4H3,(H2,17,18,19,20). The molecule has 0 saturated heterocycles. The van der Waals surface area contributed by atoms with Crippen molar-refractivity contribution in [3.05, 3.63) is 33.8 Å². The lowest BCUT2D eigenvalue weighted by molar-refractivity contribution is 0.568. The van der Waals surface area contributed by atoms with Gasteiger partial charge in [0.15, 0.2) is 0 Å². The topological polar surface area (TPSA) is 75.9 Å². The molecular weight excluding hydrogens is 282 g/mol. The minimum absolute atomic E-state index is 0.0498. The summed E-state index contributed by atoms with van der Waals surface area (Å²) in [6.07, 6.45) is 0.776. The van der Waals surface area contributed by atoms with Crippen LogP contribution in [0.15, 0.2) is 17.5 Å². The molecule has 0 atom stereocenters. The predicted molar refractivity (Wildman–Crippen MR) is 89.8 cm³/mol. The fourth-order valence-corrected chi connectivity index (χ4v) is 2.94. The second-order valence-corrected chi connectivity index (χ2v) is 6.62. The van der Waals surface area contributed by atoms with Crippen molar-refractivity contribution in [2.45, 2.75) is 39.5 Å². The summed E-state index contributed by atoms with van der Waals surface area (Å²) in [7, 11) is 0. The van der Waals surface area contributed by atoms with Crippen molar-refractivity contribution >= 4 is 23.0 Å². The van der Waals surface area contributed by atoms with Crippen LogP contribution in [0, 0.1) is 6.92 Å². The van der Waals surface area contributed by atoms with Gasteiger partial charge in [0.2, 0.25) is 0 Å². The smallest absolute Gasteiger partial charge is 0.148 e. The Labute approximate surface area is 130 Å². The van der Waals surface area contributed by atoms with E-state index in [0.29, 0.717) is 5.82 Å². The lowest BCUT2D eigenvalue weighted by Crippen LogP contribution is -2.27. The van der Waals surface area contributed by atoms with Crippen molar-refractivity contribution in [1.29, 1.82) is 0 Å². The van der Waals surface area contributed by atoms with Crippen LogP contribution < -0.4 is 16.6 Å². The summed E-state index contributed by atoms with van der Waals surface area (Å²) < 4.78 is 0. The van der Waals surface area contributed by atoms with E-state index in [2.05, 4.69) is 52.1 Å². The summed E-state index contributed by atoms with van der Waals surface area (Å²) >= 11 is 1.78. The number of nitrogens with one attached hydrogen (secondary N) is 2. The molecule has 0 aliphatic heterocycles. The molecule has 0 amide bonds. The second kappa shape index (κ2) is 6.41. The molecule has 0 unspecified atom stereocenters. The number of hydrogen-bond acceptors (Lipinski definition) is 6. The van der Waals surface area contributed by atoms with Gasteiger partial charge in [-0.2, -0.15) is 0 Å². The largest absolute Gasteiger partial charge is 0.369 e. The van der Waals surface area contributed by atoms with Gasteiger partial charge in [0.05, 0.1) is 0 Å². The highest BCUT2D eigenvalue weighted by Crippen LogP contribution is 2.28. The first-order chi connectivity index (χ1) is 9.97. The monoisotopic (exact) mass is 305 g/mol. The fraction of sp³-hybridized carbons (Fsp3) is 0.467. The normalized spacial score (nSPS) is 11.5. The molecule has 0 fully saturated rings. The maximum atomic E-state index is 5.54. The van der Waals surface area contributed by atoms with Gasteiger partial charge in [-0.05, 0) is 18.4 Å². The zero-order valence-corrected chi connectivity index (χ0v) is 13.8. The quantitative estimate of drug-likeness (QED) is 0.565. The molecule has 0 aromatic carbocycles. The molecule has 4 N–H and O–H groups in total. The van der Waals surface area contributed by atoms with E-state index in [-0.39, 0.29) is 5.41 Å². The van der Waals surface area contributed by atoms with Gasteiger partial charge >= 0.3 is 0 Å². The van der Waals surface area contributed by atoms with Crippen molar-refractivity contribution in [2.24, 2.45) is 5.84 Å². The van der Waals surface area contributed by atoms with Gasteiger partial charge in [0.25, 0.3) is 0 Å². The average molecular weight is 305 g/mol. The number of hydrogen-bond donors (Lipinski definition) is 3. The Kier molecular flexibility index (Phi) is 4.80. The van der Waals surface area contributed by atoms with Crippen LogP contribution in [0.5, 0.6) is 0 Å². The van der Waals surface area contributed by atoms with Gasteiger partial charge < -0.3 is 10.7 Å². The molecule has 0 spiro atoms. The maximum absolute atomic E-state index is 5.54. The van der Waals surface area contributed by atoms with E-state index >= 15 is 0 Å². The number of rotatable bonds is 6. The predicted octanol–water partition coefficient (Wildman–Crippen LogP) is 3.08. The summed E-state index contributed by atoms with van der Waals surface area (Å²) in [6, 6.07) is 4.26. The highest BCUT2D eigenvalue weighted by molar-refractivity contribution is 7.10. The summed E-state index contributed by atoms with van der Waals surface area (Å²) in [4.78, 5) is 10.3. The summed E-state index contributed by atoms with van der Waals surface area (Å²) in [6.45, 7) is 9.26. The van der Waals surface area contributed by atoms with Crippen molar-refractivity contribution in [3.63, 3.8) is 0 Å². The molecule has 0 saturated carbocycles. The van der Waals surface area contributed by atoms with Crippen LogP contribution >= 0.6 is 11.3 Å². The van der Waals surface area contributed by atoms with E-state index in [1.54, 1.807) is 11.3 Å². The van der Waals surface area contributed by atoms with Crippen LogP contribution in [0.2, 0.25) is 0 Å². The molecule has 6 heteroatoms. The lowest BCUT2D eigenvalue weighted by Gasteiger charge is -2.25. The van der Waals surface area contributed by atoms with Crippen molar-refractivity contribution in [2.75, 3.05) is 17.3 Å². The first-order valence-electron chi connectivity index (χ1n) is 7.10. The molecule has 2 rings (SSSR count). The molecule has 2 aromatic rings. The van der Waals surface area contributed by atoms with E-state index in [0.717, 1.165) is 30.2 Å². The molecule has 0 aliphatic rings. The van der Waals surface area contributed by atoms with Crippen molar-refractivity contribution < 1.29 is 0 Å². The Morgan fingerprint density at radius 1 is 1.29 bits per heavy atom. The van der Waals surface area contributed by atoms with Crippen LogP contribution in [0.1, 0.15) is 37.0 Å². The van der Waals surface area contributed by atoms with Crippen molar-refractivity contribution in [1.82, 2.24) is 9.97 Å². The number of nitrogens with two attached hydrogens (primary N) is 1. The Hall–Kier alpha value is -1.66. The second-order valence-electron chi connectivity index (χ2n) is 5.67. The SMILES string of the molecule is CCc1nc(NN)c(C)c(NCC(C)(C)c2cccs2)n1. The van der Waals surface area contributed by atoms with E-state index in [4.69, 9.17) is 5.84 Å². The van der Waals surface area contributed by atoms with Crippen molar-refractivity contribution in [3.8, 4) is 0 Å². The third-order valence-electron chi connectivity index (χ3n) is 3.53. The highest BCUT2D eigenvalue weighted by atomic mass is 32.1. The molecule has 2 heterocycles. The number of thiophene rings is 1.